The van der Waals surface area contributed by atoms with E-state index in [2.05, 4.69) is 61.4 Å². The molecule has 1 unspecified atom stereocenters. The fourth-order valence-electron chi connectivity index (χ4n) is 4.51. The molecule has 4 N–H and O–H groups in total. The minimum absolute atomic E-state index is 0.0583. The van der Waals surface area contributed by atoms with Crippen LogP contribution < -0.4 is 11.1 Å². The van der Waals surface area contributed by atoms with Crippen molar-refractivity contribution in [1.82, 2.24) is 20.1 Å². The maximum atomic E-state index is 12.6. The van der Waals surface area contributed by atoms with Gasteiger partial charge >= 0.3 is 0 Å². The quantitative estimate of drug-likeness (QED) is 0.235. The highest BCUT2D eigenvalue weighted by Crippen LogP contribution is 2.26. The minimum atomic E-state index is -0.810. The van der Waals surface area contributed by atoms with E-state index < -0.39 is 11.9 Å². The number of pyridine rings is 1. The maximum Gasteiger partial charge on any atom is 0.240 e. The second kappa shape index (κ2) is 12.6. The van der Waals surface area contributed by atoms with Gasteiger partial charge in [0.25, 0.3) is 0 Å². The molecule has 0 aliphatic rings. The van der Waals surface area contributed by atoms with Gasteiger partial charge in [0, 0.05) is 24.7 Å². The lowest BCUT2D eigenvalue weighted by atomic mass is 9.87. The van der Waals surface area contributed by atoms with Crippen LogP contribution in [0.5, 0.6) is 5.75 Å². The minimum Gasteiger partial charge on any atom is -0.508 e. The predicted molar refractivity (Wildman–Crippen MR) is 156 cm³/mol. The van der Waals surface area contributed by atoms with Gasteiger partial charge in [0.2, 0.25) is 11.8 Å². The van der Waals surface area contributed by atoms with E-state index in [0.29, 0.717) is 6.42 Å². The van der Waals surface area contributed by atoms with E-state index >= 15 is 0 Å². The number of carbonyl (C=O) groups excluding carboxylic acids is 2. The van der Waals surface area contributed by atoms with Crippen molar-refractivity contribution in [3.63, 3.8) is 0 Å². The third-order valence-electron chi connectivity index (χ3n) is 6.83. The van der Waals surface area contributed by atoms with E-state index in [9.17, 15) is 14.7 Å². The van der Waals surface area contributed by atoms with Gasteiger partial charge in [-0.1, -0.05) is 51.1 Å². The molecule has 4 rings (SSSR count). The Morgan fingerprint density at radius 2 is 1.70 bits per heavy atom. The van der Waals surface area contributed by atoms with E-state index in [4.69, 9.17) is 10.8 Å². The number of rotatable bonds is 11. The topological polar surface area (TPSA) is 123 Å². The SMILES string of the molecule is CC(C)(C)c1ccc(-n2nc(-c3ccccn3)cc2CCCCC(=O)NC(Cc2ccc(O)cc2)C(N)=O)cc1. The highest BCUT2D eigenvalue weighted by Gasteiger charge is 2.19. The first kappa shape index (κ1) is 28.5. The van der Waals surface area contributed by atoms with E-state index in [1.54, 1.807) is 18.3 Å². The van der Waals surface area contributed by atoms with Gasteiger partial charge in [-0.15, -0.1) is 0 Å². The zero-order valence-electron chi connectivity index (χ0n) is 23.3. The highest BCUT2D eigenvalue weighted by atomic mass is 16.3. The molecule has 2 heterocycles. The van der Waals surface area contributed by atoms with Crippen molar-refractivity contribution in [2.75, 3.05) is 0 Å². The molecular weight excluding hydrogens is 502 g/mol. The number of phenols is 1. The monoisotopic (exact) mass is 539 g/mol. The lowest BCUT2D eigenvalue weighted by Gasteiger charge is -2.19. The summed E-state index contributed by atoms with van der Waals surface area (Å²) >= 11 is 0. The molecule has 8 nitrogen and oxygen atoms in total. The molecule has 4 aromatic rings. The number of aromatic nitrogens is 3. The number of unbranched alkanes of at least 4 members (excludes halogenated alkanes) is 1. The number of phenolic OH excluding ortho intramolecular Hbond substituents is 1. The molecule has 2 aromatic heterocycles. The van der Waals surface area contributed by atoms with Crippen molar-refractivity contribution in [3.8, 4) is 22.8 Å². The van der Waals surface area contributed by atoms with Crippen LogP contribution in [0.25, 0.3) is 17.1 Å². The summed E-state index contributed by atoms with van der Waals surface area (Å²) in [6.45, 7) is 6.57. The number of hydrogen-bond acceptors (Lipinski definition) is 5. The molecule has 0 spiro atoms. The third kappa shape index (κ3) is 7.56. The number of aryl methyl sites for hydroxylation is 1. The van der Waals surface area contributed by atoms with Crippen molar-refractivity contribution in [2.45, 2.75) is 64.3 Å². The molecule has 2 amide bonds. The molecule has 1 atom stereocenters. The van der Waals surface area contributed by atoms with Gasteiger partial charge in [-0.05, 0) is 78.3 Å². The second-order valence-electron chi connectivity index (χ2n) is 11.0. The molecule has 0 aliphatic carbocycles. The first-order valence-electron chi connectivity index (χ1n) is 13.6. The molecule has 0 aliphatic heterocycles. The number of carbonyl (C=O) groups is 2. The molecule has 0 fully saturated rings. The average molecular weight is 540 g/mol. The van der Waals surface area contributed by atoms with Crippen molar-refractivity contribution in [1.29, 1.82) is 0 Å². The van der Waals surface area contributed by atoms with E-state index in [0.717, 1.165) is 41.2 Å². The van der Waals surface area contributed by atoms with Gasteiger partial charge in [-0.25, -0.2) is 4.68 Å². The first-order valence-corrected chi connectivity index (χ1v) is 13.6. The summed E-state index contributed by atoms with van der Waals surface area (Å²) in [5.74, 6) is -0.674. The smallest absolute Gasteiger partial charge is 0.240 e. The molecule has 0 saturated carbocycles. The Hall–Kier alpha value is -4.46. The number of primary amides is 1. The molecule has 0 radical (unpaired) electrons. The number of aromatic hydroxyl groups is 1. The zero-order chi connectivity index (χ0) is 28.7. The fraction of sp³-hybridized carbons (Fsp3) is 0.312. The van der Waals surface area contributed by atoms with Crippen LogP contribution in [0.15, 0.2) is 79.0 Å². The Balaban J connectivity index is 1.40. The number of nitrogens with zero attached hydrogens (tertiary/aromatic N) is 3. The summed E-state index contributed by atoms with van der Waals surface area (Å²) in [6, 6.07) is 22.0. The normalized spacial score (nSPS) is 12.2. The van der Waals surface area contributed by atoms with Crippen LogP contribution in [0, 0.1) is 0 Å². The maximum absolute atomic E-state index is 12.6. The van der Waals surface area contributed by atoms with Crippen LogP contribution in [0.2, 0.25) is 0 Å². The average Bonchev–Trinajstić information content (AvgIpc) is 3.36. The summed E-state index contributed by atoms with van der Waals surface area (Å²) in [6.07, 6.45) is 4.43. The Morgan fingerprint density at radius 1 is 0.975 bits per heavy atom. The predicted octanol–water partition coefficient (Wildman–Crippen LogP) is 4.86. The van der Waals surface area contributed by atoms with Gasteiger partial charge in [0.1, 0.15) is 17.5 Å². The van der Waals surface area contributed by atoms with E-state index in [1.807, 2.05) is 22.9 Å². The van der Waals surface area contributed by atoms with Gasteiger partial charge in [0.15, 0.2) is 0 Å². The number of amides is 2. The molecule has 2 aromatic carbocycles. The van der Waals surface area contributed by atoms with Gasteiger partial charge in [-0.2, -0.15) is 5.10 Å². The van der Waals surface area contributed by atoms with Crippen molar-refractivity contribution >= 4 is 11.8 Å². The number of nitrogens with one attached hydrogen (secondary N) is 1. The number of hydrogen-bond donors (Lipinski definition) is 3. The summed E-state index contributed by atoms with van der Waals surface area (Å²) in [5.41, 5.74) is 11.3. The third-order valence-corrected chi connectivity index (χ3v) is 6.83. The zero-order valence-corrected chi connectivity index (χ0v) is 23.3. The van der Waals surface area contributed by atoms with Crippen molar-refractivity contribution in [2.24, 2.45) is 5.73 Å². The van der Waals surface area contributed by atoms with Crippen molar-refractivity contribution < 1.29 is 14.7 Å². The number of nitrogens with two attached hydrogens (primary N) is 1. The summed E-state index contributed by atoms with van der Waals surface area (Å²) in [7, 11) is 0. The van der Waals surface area contributed by atoms with Gasteiger partial charge < -0.3 is 16.2 Å². The largest absolute Gasteiger partial charge is 0.508 e. The van der Waals surface area contributed by atoms with Crippen LogP contribution in [0.1, 0.15) is 56.9 Å². The van der Waals surface area contributed by atoms with Crippen LogP contribution in [-0.4, -0.2) is 37.7 Å². The molecule has 40 heavy (non-hydrogen) atoms. The Kier molecular flexibility index (Phi) is 8.99. The van der Waals surface area contributed by atoms with Crippen LogP contribution in [0.3, 0.4) is 0 Å². The summed E-state index contributed by atoms with van der Waals surface area (Å²) in [5, 5.41) is 17.1. The second-order valence-corrected chi connectivity index (χ2v) is 11.0. The standard InChI is InChI=1S/C32H37N5O3/c1-32(2,3)23-13-15-24(16-14-23)37-25(21-28(36-37)27-9-6-7-19-34-27)8-4-5-10-30(39)35-29(31(33)40)20-22-11-17-26(38)18-12-22/h6-7,9,11-19,21,29,38H,4-5,8,10,20H2,1-3H3,(H2,33,40)(H,35,39). The fourth-order valence-corrected chi connectivity index (χ4v) is 4.51. The first-order chi connectivity index (χ1) is 19.1. The van der Waals surface area contributed by atoms with E-state index in [-0.39, 0.29) is 29.9 Å². The van der Waals surface area contributed by atoms with Crippen LogP contribution in [-0.2, 0) is 27.8 Å². The van der Waals surface area contributed by atoms with Crippen LogP contribution >= 0.6 is 0 Å². The Morgan fingerprint density at radius 3 is 2.33 bits per heavy atom. The molecule has 8 heteroatoms. The van der Waals surface area contributed by atoms with E-state index in [1.165, 1.54) is 17.7 Å². The Labute approximate surface area is 235 Å². The molecule has 0 saturated heterocycles. The van der Waals surface area contributed by atoms with Gasteiger partial charge in [0.05, 0.1) is 11.4 Å². The molecule has 0 bridgehead atoms. The summed E-state index contributed by atoms with van der Waals surface area (Å²) in [4.78, 5) is 29.0. The molecular formula is C32H37N5O3. The highest BCUT2D eigenvalue weighted by molar-refractivity contribution is 5.86. The van der Waals surface area contributed by atoms with Gasteiger partial charge in [-0.3, -0.25) is 14.6 Å². The number of benzene rings is 2. The Bertz CT molecular complexity index is 1420. The molecule has 208 valence electrons. The lowest BCUT2D eigenvalue weighted by Crippen LogP contribution is -2.45. The lowest BCUT2D eigenvalue weighted by molar-refractivity contribution is -0.127. The summed E-state index contributed by atoms with van der Waals surface area (Å²) < 4.78 is 1.96. The van der Waals surface area contributed by atoms with Crippen molar-refractivity contribution in [3.05, 3.63) is 95.8 Å². The van der Waals surface area contributed by atoms with Crippen LogP contribution in [0.4, 0.5) is 0 Å².